The third-order valence-electron chi connectivity index (χ3n) is 4.82. The standard InChI is InChI=1S/C19H20Cl2N2O3S/c1-13-6-7-15(12-14(13)2)27(25,26)23-10-8-22(9-11-23)19(24)16-4-3-5-17(20)18(16)21/h3-7,12H,8-11H2,1-2H3. The first-order chi connectivity index (χ1) is 12.7. The van der Waals surface area contributed by atoms with Crippen molar-refractivity contribution in [1.82, 2.24) is 9.21 Å². The van der Waals surface area contributed by atoms with E-state index in [-0.39, 0.29) is 28.9 Å². The highest BCUT2D eigenvalue weighted by atomic mass is 35.5. The largest absolute Gasteiger partial charge is 0.336 e. The number of carbonyl (C=O) groups is 1. The van der Waals surface area contributed by atoms with Gasteiger partial charge in [-0.3, -0.25) is 4.79 Å². The van der Waals surface area contributed by atoms with Gasteiger partial charge in [0.05, 0.1) is 20.5 Å². The predicted octanol–water partition coefficient (Wildman–Crippen LogP) is 3.76. The molecule has 2 aromatic carbocycles. The van der Waals surface area contributed by atoms with E-state index >= 15 is 0 Å². The quantitative estimate of drug-likeness (QED) is 0.750. The highest BCUT2D eigenvalue weighted by Gasteiger charge is 2.31. The Balaban J connectivity index is 1.74. The number of nitrogens with zero attached hydrogens (tertiary/aromatic N) is 2. The minimum atomic E-state index is -3.58. The molecule has 0 atom stereocenters. The molecule has 0 spiro atoms. The van der Waals surface area contributed by atoms with Gasteiger partial charge >= 0.3 is 0 Å². The van der Waals surface area contributed by atoms with Gasteiger partial charge in [0.1, 0.15) is 0 Å². The second-order valence-electron chi connectivity index (χ2n) is 6.54. The van der Waals surface area contributed by atoms with Crippen molar-refractivity contribution in [2.75, 3.05) is 26.2 Å². The summed E-state index contributed by atoms with van der Waals surface area (Å²) in [4.78, 5) is 14.6. The maximum absolute atomic E-state index is 12.9. The summed E-state index contributed by atoms with van der Waals surface area (Å²) in [5.74, 6) is -0.245. The fourth-order valence-electron chi connectivity index (χ4n) is 2.99. The van der Waals surface area contributed by atoms with Gasteiger partial charge in [-0.2, -0.15) is 4.31 Å². The van der Waals surface area contributed by atoms with Crippen molar-refractivity contribution in [2.24, 2.45) is 0 Å². The number of halogens is 2. The molecule has 0 N–H and O–H groups in total. The van der Waals surface area contributed by atoms with Crippen molar-refractivity contribution in [3.8, 4) is 0 Å². The van der Waals surface area contributed by atoms with E-state index in [4.69, 9.17) is 23.2 Å². The number of amides is 1. The van der Waals surface area contributed by atoms with Crippen molar-refractivity contribution in [3.05, 3.63) is 63.1 Å². The molecule has 0 radical (unpaired) electrons. The van der Waals surface area contributed by atoms with Gasteiger partial charge in [-0.1, -0.05) is 35.3 Å². The Morgan fingerprint density at radius 3 is 2.26 bits per heavy atom. The molecule has 1 amide bonds. The molecule has 3 rings (SSSR count). The maximum atomic E-state index is 12.9. The maximum Gasteiger partial charge on any atom is 0.255 e. The van der Waals surface area contributed by atoms with Crippen LogP contribution >= 0.6 is 23.2 Å². The average molecular weight is 427 g/mol. The zero-order chi connectivity index (χ0) is 19.8. The van der Waals surface area contributed by atoms with Crippen LogP contribution in [0.5, 0.6) is 0 Å². The molecule has 1 aliphatic rings. The van der Waals surface area contributed by atoms with Crippen LogP contribution in [-0.2, 0) is 10.0 Å². The molecule has 1 saturated heterocycles. The van der Waals surface area contributed by atoms with Crippen molar-refractivity contribution in [2.45, 2.75) is 18.7 Å². The fraction of sp³-hybridized carbons (Fsp3) is 0.316. The highest BCUT2D eigenvalue weighted by Crippen LogP contribution is 2.27. The minimum Gasteiger partial charge on any atom is -0.336 e. The van der Waals surface area contributed by atoms with Crippen LogP contribution in [0, 0.1) is 13.8 Å². The van der Waals surface area contributed by atoms with Crippen LogP contribution in [-0.4, -0.2) is 49.7 Å². The Morgan fingerprint density at radius 1 is 0.963 bits per heavy atom. The normalized spacial score (nSPS) is 15.8. The van der Waals surface area contributed by atoms with Crippen LogP contribution in [0.3, 0.4) is 0 Å². The summed E-state index contributed by atoms with van der Waals surface area (Å²) >= 11 is 12.1. The fourth-order valence-corrected chi connectivity index (χ4v) is 4.88. The van der Waals surface area contributed by atoms with E-state index in [1.165, 1.54) is 4.31 Å². The monoisotopic (exact) mass is 426 g/mol. The molecule has 8 heteroatoms. The lowest BCUT2D eigenvalue weighted by Crippen LogP contribution is -2.50. The number of benzene rings is 2. The van der Waals surface area contributed by atoms with Crippen LogP contribution in [0.1, 0.15) is 21.5 Å². The first-order valence-electron chi connectivity index (χ1n) is 8.52. The Kier molecular flexibility index (Phi) is 5.82. The average Bonchev–Trinajstić information content (AvgIpc) is 2.65. The van der Waals surface area contributed by atoms with Gasteiger partial charge in [-0.05, 0) is 49.2 Å². The molecule has 0 aromatic heterocycles. The van der Waals surface area contributed by atoms with E-state index in [1.54, 1.807) is 35.2 Å². The topological polar surface area (TPSA) is 57.7 Å². The summed E-state index contributed by atoms with van der Waals surface area (Å²) in [7, 11) is -3.58. The molecular formula is C19H20Cl2N2O3S. The molecule has 0 saturated carbocycles. The third kappa shape index (κ3) is 3.99. The molecule has 2 aromatic rings. The molecule has 1 aliphatic heterocycles. The second-order valence-corrected chi connectivity index (χ2v) is 9.27. The van der Waals surface area contributed by atoms with Gasteiger partial charge in [-0.25, -0.2) is 8.42 Å². The van der Waals surface area contributed by atoms with E-state index in [9.17, 15) is 13.2 Å². The van der Waals surface area contributed by atoms with E-state index in [1.807, 2.05) is 19.9 Å². The number of piperazine rings is 1. The lowest BCUT2D eigenvalue weighted by Gasteiger charge is -2.34. The summed E-state index contributed by atoms with van der Waals surface area (Å²) < 4.78 is 27.2. The number of aryl methyl sites for hydroxylation is 2. The number of hydrogen-bond acceptors (Lipinski definition) is 3. The van der Waals surface area contributed by atoms with Crippen LogP contribution in [0.4, 0.5) is 0 Å². The number of sulfonamides is 1. The molecule has 0 aliphatic carbocycles. The van der Waals surface area contributed by atoms with E-state index in [2.05, 4.69) is 0 Å². The van der Waals surface area contributed by atoms with Crippen molar-refractivity contribution < 1.29 is 13.2 Å². The van der Waals surface area contributed by atoms with Gasteiger partial charge in [0.2, 0.25) is 10.0 Å². The Morgan fingerprint density at radius 2 is 1.63 bits per heavy atom. The predicted molar refractivity (Wildman–Crippen MR) is 107 cm³/mol. The molecule has 144 valence electrons. The number of rotatable bonds is 3. The summed E-state index contributed by atoms with van der Waals surface area (Å²) in [5, 5.41) is 0.535. The minimum absolute atomic E-state index is 0.217. The van der Waals surface area contributed by atoms with Crippen LogP contribution < -0.4 is 0 Å². The molecule has 0 bridgehead atoms. The van der Waals surface area contributed by atoms with E-state index < -0.39 is 10.0 Å². The zero-order valence-electron chi connectivity index (χ0n) is 15.1. The SMILES string of the molecule is Cc1ccc(S(=O)(=O)N2CCN(C(=O)c3cccc(Cl)c3Cl)CC2)cc1C. The van der Waals surface area contributed by atoms with Crippen molar-refractivity contribution >= 4 is 39.1 Å². The number of carbonyl (C=O) groups excluding carboxylic acids is 1. The lowest BCUT2D eigenvalue weighted by atomic mass is 10.1. The smallest absolute Gasteiger partial charge is 0.255 e. The van der Waals surface area contributed by atoms with Gasteiger partial charge in [0.15, 0.2) is 0 Å². The van der Waals surface area contributed by atoms with Gasteiger partial charge in [-0.15, -0.1) is 0 Å². The molecule has 1 heterocycles. The van der Waals surface area contributed by atoms with Gasteiger partial charge < -0.3 is 4.90 Å². The van der Waals surface area contributed by atoms with Crippen molar-refractivity contribution in [3.63, 3.8) is 0 Å². The first kappa shape index (κ1) is 20.1. The molecule has 0 unspecified atom stereocenters. The van der Waals surface area contributed by atoms with Gasteiger partial charge in [0, 0.05) is 26.2 Å². The van der Waals surface area contributed by atoms with E-state index in [0.717, 1.165) is 11.1 Å². The molecule has 5 nitrogen and oxygen atoms in total. The van der Waals surface area contributed by atoms with Crippen LogP contribution in [0.2, 0.25) is 10.0 Å². The number of hydrogen-bond donors (Lipinski definition) is 0. The zero-order valence-corrected chi connectivity index (χ0v) is 17.4. The van der Waals surface area contributed by atoms with E-state index in [0.29, 0.717) is 23.7 Å². The summed E-state index contributed by atoms with van der Waals surface area (Å²) in [5.41, 5.74) is 2.30. The Hall–Kier alpha value is -1.60. The lowest BCUT2D eigenvalue weighted by molar-refractivity contribution is 0.0698. The summed E-state index contributed by atoms with van der Waals surface area (Å²) in [6.07, 6.45) is 0. The molecule has 1 fully saturated rings. The molecule has 27 heavy (non-hydrogen) atoms. The highest BCUT2D eigenvalue weighted by molar-refractivity contribution is 7.89. The van der Waals surface area contributed by atoms with Crippen LogP contribution in [0.25, 0.3) is 0 Å². The van der Waals surface area contributed by atoms with Gasteiger partial charge in [0.25, 0.3) is 5.91 Å². The Labute approximate surface area is 169 Å². The molecular weight excluding hydrogens is 407 g/mol. The second kappa shape index (κ2) is 7.80. The summed E-state index contributed by atoms with van der Waals surface area (Å²) in [6.45, 7) is 4.90. The van der Waals surface area contributed by atoms with Crippen molar-refractivity contribution in [1.29, 1.82) is 0 Å². The first-order valence-corrected chi connectivity index (χ1v) is 10.7. The Bertz CT molecular complexity index is 984. The summed E-state index contributed by atoms with van der Waals surface area (Å²) in [6, 6.07) is 10.0. The third-order valence-corrected chi connectivity index (χ3v) is 7.54. The van der Waals surface area contributed by atoms with Crippen LogP contribution in [0.15, 0.2) is 41.3 Å².